The minimum absolute atomic E-state index is 0.118. The second-order valence-corrected chi connectivity index (χ2v) is 8.29. The molecule has 3 aromatic heterocycles. The smallest absolute Gasteiger partial charge is 0.291 e. The standard InChI is InChI=1S/C23H20N4O2S/c1-26-20-18(21-22(26)25-19(30-21)12-15-7-4-3-5-8-15)13-24-27(23(20)28)14-16-9-6-10-17(11-16)29-2/h3-11,13H,12,14H2,1-2H3. The Kier molecular flexibility index (Phi) is 4.59. The molecule has 3 heterocycles. The van der Waals surface area contributed by atoms with Gasteiger partial charge in [0, 0.05) is 18.9 Å². The molecule has 0 aliphatic heterocycles. The van der Waals surface area contributed by atoms with Crippen molar-refractivity contribution in [2.45, 2.75) is 13.0 Å². The lowest BCUT2D eigenvalue weighted by Crippen LogP contribution is -2.24. The van der Waals surface area contributed by atoms with Crippen LogP contribution >= 0.6 is 11.3 Å². The second-order valence-electron chi connectivity index (χ2n) is 7.20. The van der Waals surface area contributed by atoms with Gasteiger partial charge in [0.05, 0.1) is 24.6 Å². The number of hydrogen-bond donors (Lipinski definition) is 0. The average Bonchev–Trinajstić information content (AvgIpc) is 3.29. The minimum Gasteiger partial charge on any atom is -0.497 e. The fourth-order valence-electron chi connectivity index (χ4n) is 3.74. The molecule has 7 heteroatoms. The number of methoxy groups -OCH3 is 1. The van der Waals surface area contributed by atoms with Gasteiger partial charge in [-0.05, 0) is 23.3 Å². The molecule has 0 spiro atoms. The largest absolute Gasteiger partial charge is 0.497 e. The second kappa shape index (κ2) is 7.42. The highest BCUT2D eigenvalue weighted by atomic mass is 32.1. The predicted octanol–water partition coefficient (Wildman–Crippen LogP) is 3.99. The van der Waals surface area contributed by atoms with Gasteiger partial charge in [-0.15, -0.1) is 11.3 Å². The highest BCUT2D eigenvalue weighted by molar-refractivity contribution is 7.19. The molecule has 2 aromatic carbocycles. The Bertz CT molecular complexity index is 1420. The van der Waals surface area contributed by atoms with Crippen LogP contribution in [0.5, 0.6) is 5.75 Å². The van der Waals surface area contributed by atoms with E-state index in [2.05, 4.69) is 17.2 Å². The van der Waals surface area contributed by atoms with E-state index >= 15 is 0 Å². The summed E-state index contributed by atoms with van der Waals surface area (Å²) in [5.41, 5.74) is 3.53. The number of nitrogens with zero attached hydrogens (tertiary/aromatic N) is 4. The summed E-state index contributed by atoms with van der Waals surface area (Å²) < 4.78 is 9.67. The quantitative estimate of drug-likeness (QED) is 0.435. The first-order valence-electron chi connectivity index (χ1n) is 9.65. The SMILES string of the molecule is COc1cccc(Cn2ncc3c4sc(Cc5ccccc5)nc4n(C)c3c2=O)c1. The van der Waals surface area contributed by atoms with E-state index in [0.717, 1.165) is 38.5 Å². The van der Waals surface area contributed by atoms with Crippen molar-refractivity contribution in [3.63, 3.8) is 0 Å². The number of rotatable bonds is 5. The van der Waals surface area contributed by atoms with Gasteiger partial charge in [-0.25, -0.2) is 9.67 Å². The van der Waals surface area contributed by atoms with E-state index in [1.54, 1.807) is 24.6 Å². The summed E-state index contributed by atoms with van der Waals surface area (Å²) in [6.45, 7) is 0.386. The lowest BCUT2D eigenvalue weighted by molar-refractivity contribution is 0.414. The van der Waals surface area contributed by atoms with Crippen LogP contribution < -0.4 is 10.3 Å². The normalized spacial score (nSPS) is 11.4. The topological polar surface area (TPSA) is 61.9 Å². The van der Waals surface area contributed by atoms with Crippen LogP contribution in [0, 0.1) is 0 Å². The van der Waals surface area contributed by atoms with Crippen LogP contribution in [0.4, 0.5) is 0 Å². The van der Waals surface area contributed by atoms with Gasteiger partial charge in [0.2, 0.25) is 0 Å². The van der Waals surface area contributed by atoms with Crippen molar-refractivity contribution < 1.29 is 4.74 Å². The van der Waals surface area contributed by atoms with Gasteiger partial charge in [0.25, 0.3) is 5.56 Å². The summed E-state index contributed by atoms with van der Waals surface area (Å²) in [5.74, 6) is 0.760. The zero-order valence-electron chi connectivity index (χ0n) is 16.7. The van der Waals surface area contributed by atoms with Crippen LogP contribution in [-0.2, 0) is 20.0 Å². The first-order chi connectivity index (χ1) is 14.6. The zero-order valence-corrected chi connectivity index (χ0v) is 17.5. The molecule has 0 amide bonds. The molecule has 5 aromatic rings. The molecular formula is C23H20N4O2S. The number of ether oxygens (including phenoxy) is 1. The van der Waals surface area contributed by atoms with Gasteiger partial charge in [0.15, 0.2) is 5.65 Å². The number of hydrogen-bond acceptors (Lipinski definition) is 5. The number of aromatic nitrogens is 4. The minimum atomic E-state index is -0.118. The zero-order chi connectivity index (χ0) is 20.7. The van der Waals surface area contributed by atoms with Crippen LogP contribution in [0.3, 0.4) is 0 Å². The molecule has 30 heavy (non-hydrogen) atoms. The first kappa shape index (κ1) is 18.6. The molecule has 0 atom stereocenters. The molecule has 6 nitrogen and oxygen atoms in total. The van der Waals surface area contributed by atoms with Crippen molar-refractivity contribution in [3.8, 4) is 5.75 Å². The molecule has 5 rings (SSSR count). The fraction of sp³-hybridized carbons (Fsp3) is 0.174. The fourth-order valence-corrected chi connectivity index (χ4v) is 4.87. The van der Waals surface area contributed by atoms with E-state index in [4.69, 9.17) is 9.72 Å². The van der Waals surface area contributed by atoms with Gasteiger partial charge in [-0.2, -0.15) is 5.10 Å². The van der Waals surface area contributed by atoms with E-state index in [1.807, 2.05) is 54.1 Å². The van der Waals surface area contributed by atoms with Crippen LogP contribution in [0.15, 0.2) is 65.6 Å². The molecule has 0 saturated heterocycles. The Morgan fingerprint density at radius 2 is 1.87 bits per heavy atom. The average molecular weight is 417 g/mol. The Morgan fingerprint density at radius 1 is 1.07 bits per heavy atom. The third kappa shape index (κ3) is 3.17. The Hall–Kier alpha value is -3.45. The van der Waals surface area contributed by atoms with Gasteiger partial charge < -0.3 is 9.30 Å². The molecule has 0 unspecified atom stereocenters. The number of aryl methyl sites for hydroxylation is 1. The summed E-state index contributed by atoms with van der Waals surface area (Å²) in [6, 6.07) is 17.9. The number of thiazole rings is 1. The highest BCUT2D eigenvalue weighted by Gasteiger charge is 2.18. The van der Waals surface area contributed by atoms with Crippen LogP contribution in [-0.4, -0.2) is 26.4 Å². The molecular weight excluding hydrogens is 396 g/mol. The lowest BCUT2D eigenvalue weighted by Gasteiger charge is -2.07. The molecule has 0 radical (unpaired) electrons. The molecule has 150 valence electrons. The van der Waals surface area contributed by atoms with Crippen LogP contribution in [0.2, 0.25) is 0 Å². The summed E-state index contributed by atoms with van der Waals surface area (Å²) in [6.07, 6.45) is 2.56. The lowest BCUT2D eigenvalue weighted by atomic mass is 10.2. The van der Waals surface area contributed by atoms with Crippen LogP contribution in [0.1, 0.15) is 16.1 Å². The van der Waals surface area contributed by atoms with Gasteiger partial charge >= 0.3 is 0 Å². The molecule has 0 bridgehead atoms. The summed E-state index contributed by atoms with van der Waals surface area (Å²) in [5, 5.41) is 6.33. The van der Waals surface area contributed by atoms with Crippen LogP contribution in [0.25, 0.3) is 21.3 Å². The summed E-state index contributed by atoms with van der Waals surface area (Å²) >= 11 is 1.63. The number of benzene rings is 2. The van der Waals surface area contributed by atoms with E-state index in [0.29, 0.717) is 12.1 Å². The van der Waals surface area contributed by atoms with Crippen molar-refractivity contribution in [1.82, 2.24) is 19.3 Å². The summed E-state index contributed by atoms with van der Waals surface area (Å²) in [7, 11) is 3.53. The van der Waals surface area contributed by atoms with E-state index in [9.17, 15) is 4.79 Å². The maximum atomic E-state index is 13.2. The Labute approximate surface area is 177 Å². The highest BCUT2D eigenvalue weighted by Crippen LogP contribution is 2.31. The van der Waals surface area contributed by atoms with Crippen molar-refractivity contribution >= 4 is 32.6 Å². The van der Waals surface area contributed by atoms with Gasteiger partial charge in [-0.1, -0.05) is 42.5 Å². The maximum absolute atomic E-state index is 13.2. The van der Waals surface area contributed by atoms with Gasteiger partial charge in [0.1, 0.15) is 16.3 Å². The third-order valence-corrected chi connectivity index (χ3v) is 6.31. The van der Waals surface area contributed by atoms with Crippen molar-refractivity contribution in [2.75, 3.05) is 7.11 Å². The predicted molar refractivity (Wildman–Crippen MR) is 119 cm³/mol. The van der Waals surface area contributed by atoms with E-state index in [-0.39, 0.29) is 5.56 Å². The Balaban J connectivity index is 1.55. The molecule has 0 N–H and O–H groups in total. The summed E-state index contributed by atoms with van der Waals surface area (Å²) in [4.78, 5) is 18.0. The molecule has 0 aliphatic rings. The molecule has 0 aliphatic carbocycles. The number of fused-ring (bicyclic) bond motifs is 3. The third-order valence-electron chi connectivity index (χ3n) is 5.23. The molecule has 0 saturated carbocycles. The van der Waals surface area contributed by atoms with E-state index < -0.39 is 0 Å². The molecule has 0 fully saturated rings. The maximum Gasteiger partial charge on any atom is 0.291 e. The van der Waals surface area contributed by atoms with Crippen molar-refractivity contribution in [2.24, 2.45) is 7.05 Å². The van der Waals surface area contributed by atoms with Crippen molar-refractivity contribution in [3.05, 3.63) is 87.3 Å². The van der Waals surface area contributed by atoms with E-state index in [1.165, 1.54) is 10.2 Å². The first-order valence-corrected chi connectivity index (χ1v) is 10.5. The monoisotopic (exact) mass is 416 g/mol. The van der Waals surface area contributed by atoms with Crippen molar-refractivity contribution in [1.29, 1.82) is 0 Å². The Morgan fingerprint density at radius 3 is 2.67 bits per heavy atom. The van der Waals surface area contributed by atoms with Gasteiger partial charge in [-0.3, -0.25) is 4.79 Å².